The zero-order chi connectivity index (χ0) is 11.1. The first kappa shape index (κ1) is 13.8. The molecule has 0 amide bonds. The molecule has 14 heavy (non-hydrogen) atoms. The number of hydrogen-bond donors (Lipinski definition) is 0. The van der Waals surface area contributed by atoms with Gasteiger partial charge in [-0.05, 0) is 18.0 Å². The van der Waals surface area contributed by atoms with Gasteiger partial charge in [-0.3, -0.25) is 0 Å². The fraction of sp³-hybridized carbons (Fsp3) is 0.833. The second-order valence-electron chi connectivity index (χ2n) is 5.33. The fourth-order valence-electron chi connectivity index (χ4n) is 1.43. The van der Waals surface area contributed by atoms with Crippen LogP contribution in [0.5, 0.6) is 0 Å². The molecule has 0 heterocycles. The van der Waals surface area contributed by atoms with Gasteiger partial charge in [0.25, 0.3) is 0 Å². The van der Waals surface area contributed by atoms with Crippen molar-refractivity contribution in [3.63, 3.8) is 0 Å². The van der Waals surface area contributed by atoms with Gasteiger partial charge in [0.1, 0.15) is 0 Å². The van der Waals surface area contributed by atoms with E-state index < -0.39 is 8.80 Å². The lowest BCUT2D eigenvalue weighted by Crippen LogP contribution is -2.26. The lowest BCUT2D eigenvalue weighted by Gasteiger charge is -2.24. The number of hydrogen-bond acceptors (Lipinski definition) is 1. The van der Waals surface area contributed by atoms with Crippen LogP contribution in [0.4, 0.5) is 0 Å². The zero-order valence-electron chi connectivity index (χ0n) is 10.7. The predicted molar refractivity (Wildman–Crippen MR) is 69.3 cm³/mol. The lowest BCUT2D eigenvalue weighted by atomic mass is 10.1. The highest BCUT2D eigenvalue weighted by Crippen LogP contribution is 2.04. The molecule has 0 radical (unpaired) electrons. The molecule has 2 heteroatoms. The van der Waals surface area contributed by atoms with Crippen molar-refractivity contribution in [1.29, 1.82) is 0 Å². The van der Waals surface area contributed by atoms with Gasteiger partial charge in [-0.2, -0.15) is 0 Å². The van der Waals surface area contributed by atoms with Crippen LogP contribution in [0.25, 0.3) is 0 Å². The topological polar surface area (TPSA) is 3.24 Å². The van der Waals surface area contributed by atoms with Gasteiger partial charge >= 0.3 is 0 Å². The van der Waals surface area contributed by atoms with Crippen LogP contribution in [0.15, 0.2) is 11.9 Å². The summed E-state index contributed by atoms with van der Waals surface area (Å²) >= 11 is 0. The Kier molecular flexibility index (Phi) is 6.98. The van der Waals surface area contributed by atoms with Crippen LogP contribution in [0.1, 0.15) is 27.7 Å². The van der Waals surface area contributed by atoms with E-state index in [4.69, 9.17) is 0 Å². The van der Waals surface area contributed by atoms with Crippen molar-refractivity contribution in [3.05, 3.63) is 11.9 Å². The van der Waals surface area contributed by atoms with Gasteiger partial charge in [-0.25, -0.2) is 0 Å². The maximum atomic E-state index is 2.47. The molecular formula is C12H27NSi. The molecule has 0 N–H and O–H groups in total. The molecule has 0 aromatic carbocycles. The largest absolute Gasteiger partial charge is 0.378 e. The fourth-order valence-corrected chi connectivity index (χ4v) is 2.02. The van der Waals surface area contributed by atoms with Crippen LogP contribution in [0, 0.1) is 11.8 Å². The minimum Gasteiger partial charge on any atom is -0.378 e. The third-order valence-electron chi connectivity index (χ3n) is 1.88. The number of nitrogens with zero attached hydrogens (tertiary/aromatic N) is 1. The van der Waals surface area contributed by atoms with Gasteiger partial charge in [-0.1, -0.05) is 46.5 Å². The van der Waals surface area contributed by atoms with Crippen LogP contribution in [0.2, 0.25) is 13.1 Å². The first-order chi connectivity index (χ1) is 6.41. The van der Waals surface area contributed by atoms with Crippen molar-refractivity contribution in [2.45, 2.75) is 40.8 Å². The lowest BCUT2D eigenvalue weighted by molar-refractivity contribution is 0.297. The summed E-state index contributed by atoms with van der Waals surface area (Å²) in [6.45, 7) is 16.2. The van der Waals surface area contributed by atoms with Crippen molar-refractivity contribution in [1.82, 2.24) is 4.90 Å². The molecule has 0 fully saturated rings. The summed E-state index contributed by atoms with van der Waals surface area (Å²) in [7, 11) is -0.539. The molecule has 0 aromatic rings. The van der Waals surface area contributed by atoms with Gasteiger partial charge in [-0.15, -0.1) is 0 Å². The maximum absolute atomic E-state index is 2.47. The molecule has 84 valence electrons. The third-order valence-corrected chi connectivity index (χ3v) is 2.82. The highest BCUT2D eigenvalue weighted by molar-refractivity contribution is 6.61. The van der Waals surface area contributed by atoms with E-state index in [1.807, 2.05) is 0 Å². The van der Waals surface area contributed by atoms with Crippen LogP contribution < -0.4 is 0 Å². The first-order valence-corrected chi connectivity index (χ1v) is 8.81. The average Bonchev–Trinajstić information content (AvgIpc) is 1.97. The van der Waals surface area contributed by atoms with Crippen LogP contribution in [-0.4, -0.2) is 26.8 Å². The van der Waals surface area contributed by atoms with Gasteiger partial charge in [0.05, 0.1) is 8.80 Å². The van der Waals surface area contributed by atoms with Crippen molar-refractivity contribution in [2.75, 3.05) is 13.1 Å². The Morgan fingerprint density at radius 1 is 1.00 bits per heavy atom. The molecule has 0 saturated carbocycles. The maximum Gasteiger partial charge on any atom is 0.0572 e. The molecule has 0 aliphatic heterocycles. The van der Waals surface area contributed by atoms with E-state index in [0.29, 0.717) is 0 Å². The number of rotatable bonds is 6. The summed E-state index contributed by atoms with van der Waals surface area (Å²) in [5.41, 5.74) is 2.42. The minimum absolute atomic E-state index is 0.539. The second-order valence-corrected chi connectivity index (χ2v) is 8.20. The van der Waals surface area contributed by atoms with E-state index in [0.717, 1.165) is 11.8 Å². The SMILES string of the molecule is CC(C)CN(C=C[SiH](C)C)CC(C)C. The normalized spacial score (nSPS) is 12.4. The Labute approximate surface area is 91.8 Å². The van der Waals surface area contributed by atoms with E-state index in [2.05, 4.69) is 57.6 Å². The van der Waals surface area contributed by atoms with Crippen molar-refractivity contribution in [2.24, 2.45) is 11.8 Å². The Morgan fingerprint density at radius 2 is 1.43 bits per heavy atom. The van der Waals surface area contributed by atoms with Gasteiger partial charge < -0.3 is 4.90 Å². The van der Waals surface area contributed by atoms with E-state index in [9.17, 15) is 0 Å². The quantitative estimate of drug-likeness (QED) is 0.613. The Bertz CT molecular complexity index is 152. The molecule has 0 spiro atoms. The summed E-state index contributed by atoms with van der Waals surface area (Å²) in [6.07, 6.45) is 2.33. The monoisotopic (exact) mass is 213 g/mol. The van der Waals surface area contributed by atoms with Gasteiger partial charge in [0.15, 0.2) is 0 Å². The van der Waals surface area contributed by atoms with Gasteiger partial charge in [0, 0.05) is 13.1 Å². The van der Waals surface area contributed by atoms with Crippen molar-refractivity contribution < 1.29 is 0 Å². The Balaban J connectivity index is 4.10. The molecule has 0 aliphatic rings. The Morgan fingerprint density at radius 3 is 1.71 bits per heavy atom. The third kappa shape index (κ3) is 8.36. The second kappa shape index (κ2) is 7.10. The molecule has 0 atom stereocenters. The summed E-state index contributed by atoms with van der Waals surface area (Å²) in [5.74, 6) is 1.51. The molecule has 0 aromatic heterocycles. The van der Waals surface area contributed by atoms with Gasteiger partial charge in [0.2, 0.25) is 0 Å². The Hall–Kier alpha value is -0.243. The summed E-state index contributed by atoms with van der Waals surface area (Å²) in [4.78, 5) is 2.47. The van der Waals surface area contributed by atoms with Crippen LogP contribution in [-0.2, 0) is 0 Å². The zero-order valence-corrected chi connectivity index (χ0v) is 11.9. The van der Waals surface area contributed by atoms with Crippen LogP contribution >= 0.6 is 0 Å². The minimum atomic E-state index is -0.539. The molecule has 0 saturated heterocycles. The molecule has 0 bridgehead atoms. The molecule has 1 nitrogen and oxygen atoms in total. The van der Waals surface area contributed by atoms with E-state index in [-0.39, 0.29) is 0 Å². The molecule has 0 rings (SSSR count). The smallest absolute Gasteiger partial charge is 0.0572 e. The van der Waals surface area contributed by atoms with E-state index >= 15 is 0 Å². The predicted octanol–water partition coefficient (Wildman–Crippen LogP) is 3.14. The molecule has 0 unspecified atom stereocenters. The van der Waals surface area contributed by atoms with Crippen molar-refractivity contribution >= 4 is 8.80 Å². The standard InChI is InChI=1S/C12H27NSi/c1-11(2)9-13(10-12(3)4)7-8-14(5)6/h7-8,11-12,14H,9-10H2,1-6H3. The first-order valence-electron chi connectivity index (χ1n) is 5.84. The summed E-state index contributed by atoms with van der Waals surface area (Å²) in [6, 6.07) is 0. The molecular weight excluding hydrogens is 186 g/mol. The van der Waals surface area contributed by atoms with Crippen LogP contribution in [0.3, 0.4) is 0 Å². The van der Waals surface area contributed by atoms with Crippen molar-refractivity contribution in [3.8, 4) is 0 Å². The van der Waals surface area contributed by atoms with E-state index in [1.165, 1.54) is 13.1 Å². The highest BCUT2D eigenvalue weighted by atomic mass is 28.3. The molecule has 0 aliphatic carbocycles. The highest BCUT2D eigenvalue weighted by Gasteiger charge is 2.04. The average molecular weight is 213 g/mol. The summed E-state index contributed by atoms with van der Waals surface area (Å²) in [5, 5.41) is 0. The van der Waals surface area contributed by atoms with E-state index in [1.54, 1.807) is 0 Å². The summed E-state index contributed by atoms with van der Waals surface area (Å²) < 4.78 is 0.